The number of carbonyl (C=O) groups is 2. The van der Waals surface area contributed by atoms with Crippen molar-refractivity contribution in [2.45, 2.75) is 13.8 Å². The van der Waals surface area contributed by atoms with E-state index in [1.165, 1.54) is 0 Å². The molecular formula is C28H12Cl2F6N2O9. The average Bonchev–Trinajstić information content (AvgIpc) is 3.01. The number of carboxylic acid groups (broad SMARTS) is 2. The molecule has 0 aliphatic rings. The topological polar surface area (TPSA) is 170 Å². The van der Waals surface area contributed by atoms with Gasteiger partial charge >= 0.3 is 11.9 Å². The predicted molar refractivity (Wildman–Crippen MR) is 150 cm³/mol. The van der Waals surface area contributed by atoms with Gasteiger partial charge in [0, 0.05) is 23.3 Å². The van der Waals surface area contributed by atoms with Gasteiger partial charge < -0.3 is 14.9 Å². The summed E-state index contributed by atoms with van der Waals surface area (Å²) in [5.41, 5.74) is -13.5. The van der Waals surface area contributed by atoms with Crippen molar-refractivity contribution in [2.75, 3.05) is 0 Å². The van der Waals surface area contributed by atoms with E-state index in [2.05, 4.69) is 0 Å². The molecule has 19 heteroatoms. The maximum atomic E-state index is 15.5. The first-order valence-corrected chi connectivity index (χ1v) is 13.0. The van der Waals surface area contributed by atoms with Crippen LogP contribution in [-0.4, -0.2) is 32.0 Å². The second-order valence-electron chi connectivity index (χ2n) is 9.40. The first-order valence-electron chi connectivity index (χ1n) is 12.3. The van der Waals surface area contributed by atoms with E-state index in [4.69, 9.17) is 27.9 Å². The summed E-state index contributed by atoms with van der Waals surface area (Å²) < 4.78 is 96.8. The highest BCUT2D eigenvalue weighted by atomic mass is 35.5. The number of nitro groups is 2. The Morgan fingerprint density at radius 3 is 1.21 bits per heavy atom. The highest BCUT2D eigenvalue weighted by molar-refractivity contribution is 6.32. The molecule has 47 heavy (non-hydrogen) atoms. The smallest absolute Gasteiger partial charge is 0.343 e. The molecule has 0 unspecified atom stereocenters. The van der Waals surface area contributed by atoms with E-state index in [-0.39, 0.29) is 0 Å². The van der Waals surface area contributed by atoms with Gasteiger partial charge in [-0.05, 0) is 26.0 Å². The molecule has 0 aliphatic heterocycles. The Morgan fingerprint density at radius 1 is 0.617 bits per heavy atom. The molecule has 4 aromatic rings. The van der Waals surface area contributed by atoms with Crippen LogP contribution in [0.2, 0.25) is 10.0 Å². The summed E-state index contributed by atoms with van der Waals surface area (Å²) >= 11 is 11.6. The first kappa shape index (κ1) is 34.5. The molecular weight excluding hydrogens is 693 g/mol. The maximum absolute atomic E-state index is 15.5. The molecule has 0 aromatic heterocycles. The summed E-state index contributed by atoms with van der Waals surface area (Å²) in [6, 6.07) is 1.84. The molecule has 0 radical (unpaired) electrons. The van der Waals surface area contributed by atoms with E-state index in [0.29, 0.717) is 24.3 Å². The Hall–Kier alpha value is -5.42. The fraction of sp³-hybridized carbons (Fsp3) is 0.0714. The van der Waals surface area contributed by atoms with Crippen LogP contribution in [0.1, 0.15) is 31.8 Å². The molecule has 0 fully saturated rings. The Morgan fingerprint density at radius 2 is 0.936 bits per heavy atom. The van der Waals surface area contributed by atoms with Crippen LogP contribution >= 0.6 is 23.2 Å². The fourth-order valence-corrected chi connectivity index (χ4v) is 4.94. The normalized spacial score (nSPS) is 11.0. The monoisotopic (exact) mass is 704 g/mol. The number of aromatic carboxylic acids is 2. The average molecular weight is 705 g/mol. The first-order chi connectivity index (χ1) is 21.8. The number of hydrogen-bond acceptors (Lipinski definition) is 7. The van der Waals surface area contributed by atoms with Crippen LogP contribution < -0.4 is 4.74 Å². The number of rotatable bonds is 8. The Labute approximate surface area is 266 Å². The molecule has 244 valence electrons. The van der Waals surface area contributed by atoms with Crippen molar-refractivity contribution in [1.82, 2.24) is 0 Å². The van der Waals surface area contributed by atoms with Crippen molar-refractivity contribution in [3.8, 4) is 33.8 Å². The van der Waals surface area contributed by atoms with E-state index in [1.54, 1.807) is 0 Å². The quantitative estimate of drug-likeness (QED) is 0.0787. The van der Waals surface area contributed by atoms with Gasteiger partial charge in [0.1, 0.15) is 22.6 Å². The SMILES string of the molecule is Cc1c(F)c(F)c(-c2c(Oc3ccc([N+](=O)[O-])c(C(=O)O)c3-c3c(F)c(F)c(C)c(Cl)c3F)ccc([N+](=O)[O-])c2C(=O)O)c(F)c1Cl. The molecule has 4 aromatic carbocycles. The van der Waals surface area contributed by atoms with Crippen LogP contribution in [0.25, 0.3) is 22.3 Å². The van der Waals surface area contributed by atoms with Crippen LogP contribution in [0.3, 0.4) is 0 Å². The van der Waals surface area contributed by atoms with Crippen molar-refractivity contribution >= 4 is 46.5 Å². The molecule has 0 bridgehead atoms. The van der Waals surface area contributed by atoms with E-state index in [0.717, 1.165) is 13.8 Å². The molecule has 0 atom stereocenters. The third-order valence-corrected chi connectivity index (χ3v) is 7.70. The van der Waals surface area contributed by atoms with Gasteiger partial charge in [0.15, 0.2) is 34.9 Å². The molecule has 0 saturated carbocycles. The van der Waals surface area contributed by atoms with Crippen LogP contribution in [0.5, 0.6) is 11.5 Å². The lowest BCUT2D eigenvalue weighted by atomic mass is 9.93. The second kappa shape index (κ2) is 12.4. The Kier molecular flexibility index (Phi) is 9.10. The van der Waals surface area contributed by atoms with Gasteiger partial charge in [-0.3, -0.25) is 20.2 Å². The van der Waals surface area contributed by atoms with Gasteiger partial charge in [-0.25, -0.2) is 35.9 Å². The minimum atomic E-state index is -2.24. The van der Waals surface area contributed by atoms with Crippen molar-refractivity contribution in [3.63, 3.8) is 0 Å². The van der Waals surface area contributed by atoms with Crippen molar-refractivity contribution < 1.29 is 60.7 Å². The standard InChI is InChI=1S/C28H12Cl2F6N2O9/c1-7-19(29)23(33)17(25(35)21(7)31)15-11(5-3-9(37(43)44)13(15)27(39)40)47-12-6-4-10(38(45)46)14(28(41)42)16(12)18-24(34)20(30)8(2)22(32)26(18)36/h3-6H,1-2H3,(H,39,40)(H,41,42). The van der Waals surface area contributed by atoms with Crippen molar-refractivity contribution in [3.05, 3.63) is 112 Å². The minimum absolute atomic E-state index is 0.428. The Bertz CT molecular complexity index is 1910. The molecule has 0 aliphatic carbocycles. The maximum Gasteiger partial charge on any atom is 0.343 e. The number of nitro benzene ring substituents is 2. The Balaban J connectivity index is 2.25. The van der Waals surface area contributed by atoms with Gasteiger partial charge in [0.05, 0.1) is 42.1 Å². The number of benzene rings is 4. The molecule has 0 spiro atoms. The molecule has 11 nitrogen and oxygen atoms in total. The van der Waals surface area contributed by atoms with Crippen LogP contribution in [0.4, 0.5) is 37.7 Å². The lowest BCUT2D eigenvalue weighted by Gasteiger charge is -2.20. The molecule has 0 saturated heterocycles. The fourth-order valence-electron chi connectivity index (χ4n) is 4.59. The number of carboxylic acids is 2. The van der Waals surface area contributed by atoms with Crippen LogP contribution in [-0.2, 0) is 0 Å². The summed E-state index contributed by atoms with van der Waals surface area (Å²) in [6.07, 6.45) is 0. The number of hydrogen-bond donors (Lipinski definition) is 2. The van der Waals surface area contributed by atoms with Gasteiger partial charge in [0.25, 0.3) is 11.4 Å². The summed E-state index contributed by atoms with van der Waals surface area (Å²) in [4.78, 5) is 45.4. The number of halogens is 8. The second-order valence-corrected chi connectivity index (χ2v) is 10.2. The van der Waals surface area contributed by atoms with Gasteiger partial charge in [-0.2, -0.15) is 0 Å². The lowest BCUT2D eigenvalue weighted by Crippen LogP contribution is -2.11. The van der Waals surface area contributed by atoms with Gasteiger partial charge in [-0.15, -0.1) is 0 Å². The summed E-state index contributed by atoms with van der Waals surface area (Å²) in [6.45, 7) is 1.67. The van der Waals surface area contributed by atoms with E-state index >= 15 is 17.6 Å². The molecule has 0 heterocycles. The molecule has 2 N–H and O–H groups in total. The van der Waals surface area contributed by atoms with Crippen molar-refractivity contribution in [1.29, 1.82) is 0 Å². The van der Waals surface area contributed by atoms with Crippen molar-refractivity contribution in [2.24, 2.45) is 0 Å². The molecule has 0 amide bonds. The third kappa shape index (κ3) is 5.52. The summed E-state index contributed by atoms with van der Waals surface area (Å²) in [5.74, 6) is -18.5. The zero-order valence-electron chi connectivity index (χ0n) is 23.0. The van der Waals surface area contributed by atoms with E-state index in [1.807, 2.05) is 0 Å². The van der Waals surface area contributed by atoms with Gasteiger partial charge in [-0.1, -0.05) is 23.2 Å². The molecule has 4 rings (SSSR count). The number of ether oxygens (including phenoxy) is 1. The van der Waals surface area contributed by atoms with E-state index in [9.17, 15) is 48.8 Å². The zero-order chi connectivity index (χ0) is 35.4. The highest BCUT2D eigenvalue weighted by Crippen LogP contribution is 2.49. The number of nitrogens with zero attached hydrogens (tertiary/aromatic N) is 2. The summed E-state index contributed by atoms with van der Waals surface area (Å²) in [7, 11) is 0. The van der Waals surface area contributed by atoms with E-state index < -0.39 is 134 Å². The van der Waals surface area contributed by atoms with Gasteiger partial charge in [0.2, 0.25) is 0 Å². The summed E-state index contributed by atoms with van der Waals surface area (Å²) in [5, 5.41) is 41.0. The highest BCUT2D eigenvalue weighted by Gasteiger charge is 2.37. The third-order valence-electron chi connectivity index (χ3n) is 6.80. The predicted octanol–water partition coefficient (Wildman–Crippen LogP) is 8.78. The van der Waals surface area contributed by atoms with Crippen LogP contribution in [0.15, 0.2) is 24.3 Å². The van der Waals surface area contributed by atoms with Crippen LogP contribution in [0, 0.1) is 69.0 Å². The largest absolute Gasteiger partial charge is 0.477 e. The minimum Gasteiger partial charge on any atom is -0.477 e. The zero-order valence-corrected chi connectivity index (χ0v) is 24.5. The lowest BCUT2D eigenvalue weighted by molar-refractivity contribution is -0.385.